The summed E-state index contributed by atoms with van der Waals surface area (Å²) in [5.74, 6) is -2.00. The predicted molar refractivity (Wildman–Crippen MR) is 67.7 cm³/mol. The zero-order chi connectivity index (χ0) is 14.0. The van der Waals surface area contributed by atoms with E-state index >= 15 is 0 Å². The summed E-state index contributed by atoms with van der Waals surface area (Å²) in [6, 6.07) is 3.83. The molecule has 1 saturated heterocycles. The van der Waals surface area contributed by atoms with E-state index in [2.05, 4.69) is 0 Å². The predicted octanol–water partition coefficient (Wildman–Crippen LogP) is 2.42. The maximum absolute atomic E-state index is 13.6. The van der Waals surface area contributed by atoms with Crippen molar-refractivity contribution in [2.75, 3.05) is 13.1 Å². The Morgan fingerprint density at radius 1 is 1.47 bits per heavy atom. The van der Waals surface area contributed by atoms with E-state index in [1.165, 1.54) is 17.0 Å². The fourth-order valence-corrected chi connectivity index (χ4v) is 2.43. The van der Waals surface area contributed by atoms with Gasteiger partial charge in [0, 0.05) is 24.5 Å². The third-order valence-corrected chi connectivity index (χ3v) is 3.43. The highest BCUT2D eigenvalue weighted by molar-refractivity contribution is 6.31. The summed E-state index contributed by atoms with van der Waals surface area (Å²) in [5, 5.41) is 9.01. The molecule has 1 unspecified atom stereocenters. The number of amides is 1. The van der Waals surface area contributed by atoms with Crippen LogP contribution in [0.25, 0.3) is 0 Å². The Morgan fingerprint density at radius 2 is 2.21 bits per heavy atom. The van der Waals surface area contributed by atoms with Crippen LogP contribution >= 0.6 is 11.6 Å². The average molecular weight is 286 g/mol. The van der Waals surface area contributed by atoms with E-state index in [1.54, 1.807) is 0 Å². The second-order valence-electron chi connectivity index (χ2n) is 4.63. The highest BCUT2D eigenvalue weighted by Gasteiger charge is 2.29. The standard InChI is InChI=1S/C13H13ClFNO3/c14-9-1-2-11(15)10(6-9)13(19)16-4-3-8(7-16)5-12(17)18/h1-2,6,8H,3-5,7H2,(H,17,18). The number of carboxylic acid groups (broad SMARTS) is 1. The van der Waals surface area contributed by atoms with Gasteiger partial charge in [-0.3, -0.25) is 9.59 Å². The topological polar surface area (TPSA) is 57.6 Å². The Hall–Kier alpha value is -1.62. The maximum Gasteiger partial charge on any atom is 0.303 e. The van der Waals surface area contributed by atoms with Gasteiger partial charge in [0.1, 0.15) is 5.82 Å². The zero-order valence-electron chi connectivity index (χ0n) is 10.1. The lowest BCUT2D eigenvalue weighted by Crippen LogP contribution is -2.29. The van der Waals surface area contributed by atoms with Gasteiger partial charge in [0.15, 0.2) is 0 Å². The molecule has 0 radical (unpaired) electrons. The van der Waals surface area contributed by atoms with Crippen LogP contribution in [0, 0.1) is 11.7 Å². The second kappa shape index (κ2) is 5.57. The van der Waals surface area contributed by atoms with E-state index < -0.39 is 17.7 Å². The van der Waals surface area contributed by atoms with Crippen molar-refractivity contribution in [3.8, 4) is 0 Å². The zero-order valence-corrected chi connectivity index (χ0v) is 10.9. The molecule has 1 aliphatic heterocycles. The van der Waals surface area contributed by atoms with Crippen LogP contribution in [0.2, 0.25) is 5.02 Å². The monoisotopic (exact) mass is 285 g/mol. The Bertz CT molecular complexity index is 521. The van der Waals surface area contributed by atoms with Crippen molar-refractivity contribution >= 4 is 23.5 Å². The highest BCUT2D eigenvalue weighted by Crippen LogP contribution is 2.23. The Morgan fingerprint density at radius 3 is 2.89 bits per heavy atom. The number of halogens is 2. The molecule has 1 fully saturated rings. The van der Waals surface area contributed by atoms with Crippen LogP contribution in [0.15, 0.2) is 18.2 Å². The van der Waals surface area contributed by atoms with Crippen molar-refractivity contribution in [1.29, 1.82) is 0 Å². The van der Waals surface area contributed by atoms with Crippen LogP contribution in [0.4, 0.5) is 4.39 Å². The first-order valence-electron chi connectivity index (χ1n) is 5.93. The molecule has 2 rings (SSSR count). The fraction of sp³-hybridized carbons (Fsp3) is 0.385. The molecule has 1 N–H and O–H groups in total. The van der Waals surface area contributed by atoms with Gasteiger partial charge in [0.25, 0.3) is 5.91 Å². The van der Waals surface area contributed by atoms with E-state index in [-0.39, 0.29) is 17.9 Å². The molecule has 0 bridgehead atoms. The number of aliphatic carboxylic acids is 1. The molecule has 1 amide bonds. The fourth-order valence-electron chi connectivity index (χ4n) is 2.26. The third-order valence-electron chi connectivity index (χ3n) is 3.20. The smallest absolute Gasteiger partial charge is 0.303 e. The van der Waals surface area contributed by atoms with Gasteiger partial charge in [-0.05, 0) is 30.5 Å². The van der Waals surface area contributed by atoms with Crippen LogP contribution in [-0.2, 0) is 4.79 Å². The molecule has 0 spiro atoms. The minimum absolute atomic E-state index is 0.0296. The summed E-state index contributed by atoms with van der Waals surface area (Å²) >= 11 is 5.75. The summed E-state index contributed by atoms with van der Waals surface area (Å²) < 4.78 is 13.6. The van der Waals surface area contributed by atoms with Gasteiger partial charge >= 0.3 is 5.97 Å². The van der Waals surface area contributed by atoms with E-state index in [1.807, 2.05) is 0 Å². The number of likely N-dealkylation sites (tertiary alicyclic amines) is 1. The summed E-state index contributed by atoms with van der Waals surface area (Å²) in [6.07, 6.45) is 0.655. The van der Waals surface area contributed by atoms with Gasteiger partial charge < -0.3 is 10.0 Å². The number of hydrogen-bond acceptors (Lipinski definition) is 2. The Balaban J connectivity index is 2.09. The minimum atomic E-state index is -0.881. The van der Waals surface area contributed by atoms with Crippen molar-refractivity contribution in [2.45, 2.75) is 12.8 Å². The van der Waals surface area contributed by atoms with E-state index in [9.17, 15) is 14.0 Å². The van der Waals surface area contributed by atoms with Gasteiger partial charge in [-0.2, -0.15) is 0 Å². The summed E-state index contributed by atoms with van der Waals surface area (Å²) in [7, 11) is 0. The highest BCUT2D eigenvalue weighted by atomic mass is 35.5. The van der Waals surface area contributed by atoms with E-state index in [0.717, 1.165) is 6.07 Å². The maximum atomic E-state index is 13.6. The number of carboxylic acids is 1. The first-order chi connectivity index (χ1) is 8.97. The normalized spacial score (nSPS) is 18.6. The number of nitrogens with zero attached hydrogens (tertiary/aromatic N) is 1. The van der Waals surface area contributed by atoms with Crippen molar-refractivity contribution in [2.24, 2.45) is 5.92 Å². The lowest BCUT2D eigenvalue weighted by atomic mass is 10.1. The van der Waals surface area contributed by atoms with Crippen molar-refractivity contribution in [3.05, 3.63) is 34.6 Å². The van der Waals surface area contributed by atoms with E-state index in [0.29, 0.717) is 24.5 Å². The van der Waals surface area contributed by atoms with Gasteiger partial charge in [0.2, 0.25) is 0 Å². The molecule has 0 aromatic heterocycles. The van der Waals surface area contributed by atoms with Gasteiger partial charge in [-0.25, -0.2) is 4.39 Å². The lowest BCUT2D eigenvalue weighted by Gasteiger charge is -2.16. The molecule has 1 atom stereocenters. The molecular weight excluding hydrogens is 273 g/mol. The molecule has 19 heavy (non-hydrogen) atoms. The second-order valence-corrected chi connectivity index (χ2v) is 5.06. The van der Waals surface area contributed by atoms with Crippen molar-refractivity contribution in [3.63, 3.8) is 0 Å². The molecule has 0 saturated carbocycles. The number of carbonyl (C=O) groups excluding carboxylic acids is 1. The van der Waals surface area contributed by atoms with Crippen molar-refractivity contribution in [1.82, 2.24) is 4.90 Å². The first kappa shape index (κ1) is 13.8. The van der Waals surface area contributed by atoms with Gasteiger partial charge in [0.05, 0.1) is 5.56 Å². The molecule has 1 aromatic rings. The summed E-state index contributed by atoms with van der Waals surface area (Å²) in [4.78, 5) is 24.2. The molecular formula is C13H13ClFNO3. The number of hydrogen-bond donors (Lipinski definition) is 1. The number of rotatable bonds is 3. The van der Waals surface area contributed by atoms with Crippen LogP contribution in [0.3, 0.4) is 0 Å². The van der Waals surface area contributed by atoms with Crippen LogP contribution in [0.1, 0.15) is 23.2 Å². The number of benzene rings is 1. The van der Waals surface area contributed by atoms with Crippen LogP contribution < -0.4 is 0 Å². The largest absolute Gasteiger partial charge is 0.481 e. The van der Waals surface area contributed by atoms with Crippen LogP contribution in [0.5, 0.6) is 0 Å². The van der Waals surface area contributed by atoms with E-state index in [4.69, 9.17) is 16.7 Å². The summed E-state index contributed by atoms with van der Waals surface area (Å²) in [5.41, 5.74) is -0.0662. The third kappa shape index (κ3) is 3.23. The first-order valence-corrected chi connectivity index (χ1v) is 6.31. The molecule has 6 heteroatoms. The molecule has 1 aliphatic rings. The molecule has 1 aromatic carbocycles. The molecule has 0 aliphatic carbocycles. The van der Waals surface area contributed by atoms with Gasteiger partial charge in [-0.15, -0.1) is 0 Å². The summed E-state index contributed by atoms with van der Waals surface area (Å²) in [6.45, 7) is 0.791. The van der Waals surface area contributed by atoms with Crippen molar-refractivity contribution < 1.29 is 19.1 Å². The van der Waals surface area contributed by atoms with Gasteiger partial charge in [-0.1, -0.05) is 11.6 Å². The Labute approximate surface area is 114 Å². The van der Waals surface area contributed by atoms with Crippen LogP contribution in [-0.4, -0.2) is 35.0 Å². The minimum Gasteiger partial charge on any atom is -0.481 e. The lowest BCUT2D eigenvalue weighted by molar-refractivity contribution is -0.138. The SMILES string of the molecule is O=C(O)CC1CCN(C(=O)c2cc(Cl)ccc2F)C1. The number of carbonyl (C=O) groups is 2. The molecule has 4 nitrogen and oxygen atoms in total. The quantitative estimate of drug-likeness (QED) is 0.928. The average Bonchev–Trinajstić information content (AvgIpc) is 2.79. The molecule has 1 heterocycles. The molecule has 102 valence electrons. The Kier molecular flexibility index (Phi) is 4.04.